The van der Waals surface area contributed by atoms with Gasteiger partial charge >= 0.3 is 0 Å². The number of piperidine rings is 2. The minimum atomic E-state index is 0.407. The summed E-state index contributed by atoms with van der Waals surface area (Å²) in [6, 6.07) is 0.903. The molecule has 0 saturated carbocycles. The van der Waals surface area contributed by atoms with Crippen molar-refractivity contribution < 1.29 is 4.79 Å². The van der Waals surface area contributed by atoms with Gasteiger partial charge in [-0.2, -0.15) is 0 Å². The number of rotatable bonds is 2. The van der Waals surface area contributed by atoms with E-state index in [0.29, 0.717) is 23.9 Å². The van der Waals surface area contributed by atoms with Crippen molar-refractivity contribution in [1.29, 1.82) is 0 Å². The van der Waals surface area contributed by atoms with E-state index in [1.807, 2.05) is 0 Å². The molecule has 0 bridgehead atoms. The quantitative estimate of drug-likeness (QED) is 0.754. The Morgan fingerprint density at radius 1 is 1.06 bits per heavy atom. The van der Waals surface area contributed by atoms with Crippen LogP contribution in [-0.2, 0) is 4.79 Å². The number of hydrogen-bond donors (Lipinski definition) is 0. The number of amides is 1. The summed E-state index contributed by atoms with van der Waals surface area (Å²) in [6.07, 6.45) is 6.81. The third kappa shape index (κ3) is 3.25. The molecule has 2 fully saturated rings. The van der Waals surface area contributed by atoms with Crippen molar-refractivity contribution in [3.63, 3.8) is 0 Å². The summed E-state index contributed by atoms with van der Waals surface area (Å²) in [7, 11) is 2.17. The van der Waals surface area contributed by atoms with E-state index < -0.39 is 0 Å². The lowest BCUT2D eigenvalue weighted by atomic mass is 9.91. The third-order valence-electron chi connectivity index (χ3n) is 4.78. The molecule has 3 nitrogen and oxygen atoms in total. The molecule has 0 aromatic heterocycles. The highest BCUT2D eigenvalue weighted by molar-refractivity contribution is 5.77. The predicted molar refractivity (Wildman–Crippen MR) is 74.5 cm³/mol. The lowest BCUT2D eigenvalue weighted by molar-refractivity contribution is -0.138. The van der Waals surface area contributed by atoms with Crippen molar-refractivity contribution >= 4 is 5.91 Å². The lowest BCUT2D eigenvalue weighted by Crippen LogP contribution is -2.48. The van der Waals surface area contributed by atoms with E-state index in [1.165, 1.54) is 32.1 Å². The van der Waals surface area contributed by atoms with Gasteiger partial charge in [0.25, 0.3) is 0 Å². The minimum Gasteiger partial charge on any atom is -0.337 e. The van der Waals surface area contributed by atoms with E-state index in [4.69, 9.17) is 0 Å². The molecule has 0 aliphatic carbocycles. The van der Waals surface area contributed by atoms with Gasteiger partial charge < -0.3 is 9.80 Å². The van der Waals surface area contributed by atoms with Crippen molar-refractivity contribution in [1.82, 2.24) is 9.80 Å². The van der Waals surface area contributed by atoms with Crippen LogP contribution in [0, 0.1) is 5.92 Å². The summed E-state index contributed by atoms with van der Waals surface area (Å²) in [5, 5.41) is 0. The lowest BCUT2D eigenvalue weighted by Gasteiger charge is -2.40. The van der Waals surface area contributed by atoms with Crippen LogP contribution in [0.15, 0.2) is 0 Å². The highest BCUT2D eigenvalue weighted by Gasteiger charge is 2.30. The Hall–Kier alpha value is -0.570. The average Bonchev–Trinajstić information content (AvgIpc) is 2.32. The van der Waals surface area contributed by atoms with Crippen molar-refractivity contribution in [2.24, 2.45) is 5.92 Å². The van der Waals surface area contributed by atoms with Crippen LogP contribution < -0.4 is 0 Å². The molecule has 2 aliphatic rings. The van der Waals surface area contributed by atoms with E-state index in [-0.39, 0.29) is 0 Å². The van der Waals surface area contributed by atoms with Crippen LogP contribution in [0.1, 0.15) is 52.4 Å². The molecule has 0 spiro atoms. The molecular weight excluding hydrogens is 224 g/mol. The molecule has 1 amide bonds. The number of carbonyl (C=O) groups is 1. The smallest absolute Gasteiger partial charge is 0.223 e. The van der Waals surface area contributed by atoms with Crippen molar-refractivity contribution in [3.8, 4) is 0 Å². The van der Waals surface area contributed by atoms with Crippen molar-refractivity contribution in [2.45, 2.75) is 64.5 Å². The maximum absolute atomic E-state index is 12.5. The largest absolute Gasteiger partial charge is 0.337 e. The summed E-state index contributed by atoms with van der Waals surface area (Å²) >= 11 is 0. The number of likely N-dealkylation sites (tertiary alicyclic amines) is 2. The summed E-state index contributed by atoms with van der Waals surface area (Å²) in [5.74, 6) is 1.03. The Morgan fingerprint density at radius 2 is 1.61 bits per heavy atom. The second kappa shape index (κ2) is 6.05. The van der Waals surface area contributed by atoms with Crippen LogP contribution in [0.3, 0.4) is 0 Å². The maximum Gasteiger partial charge on any atom is 0.223 e. The van der Waals surface area contributed by atoms with Crippen LogP contribution in [0.2, 0.25) is 0 Å². The van der Waals surface area contributed by atoms with Gasteiger partial charge in [-0.15, -0.1) is 0 Å². The summed E-state index contributed by atoms with van der Waals surface area (Å²) in [5.41, 5.74) is 0. The summed E-state index contributed by atoms with van der Waals surface area (Å²) in [6.45, 7) is 6.73. The van der Waals surface area contributed by atoms with Crippen molar-refractivity contribution in [3.05, 3.63) is 0 Å². The van der Waals surface area contributed by atoms with Crippen LogP contribution >= 0.6 is 0 Å². The molecule has 0 N–H and O–H groups in total. The van der Waals surface area contributed by atoms with E-state index >= 15 is 0 Å². The van der Waals surface area contributed by atoms with E-state index in [9.17, 15) is 4.79 Å². The van der Waals surface area contributed by atoms with Crippen LogP contribution in [-0.4, -0.2) is 47.9 Å². The van der Waals surface area contributed by atoms with Gasteiger partial charge in [0.1, 0.15) is 0 Å². The second-order valence-electron chi connectivity index (χ2n) is 6.38. The van der Waals surface area contributed by atoms with Gasteiger partial charge in [-0.3, -0.25) is 4.79 Å². The third-order valence-corrected chi connectivity index (χ3v) is 4.78. The van der Waals surface area contributed by atoms with Crippen LogP contribution in [0.25, 0.3) is 0 Å². The first-order valence-electron chi connectivity index (χ1n) is 7.57. The molecule has 104 valence electrons. The SMILES string of the molecule is CC1CCCC(C)N1C(=O)CC1CCN(C)CC1. The minimum absolute atomic E-state index is 0.407. The van der Waals surface area contributed by atoms with Crippen LogP contribution in [0.5, 0.6) is 0 Å². The van der Waals surface area contributed by atoms with Crippen LogP contribution in [0.4, 0.5) is 0 Å². The standard InChI is InChI=1S/C15H28N2O/c1-12-5-4-6-13(2)17(12)15(18)11-14-7-9-16(3)10-8-14/h12-14H,4-11H2,1-3H3. The monoisotopic (exact) mass is 252 g/mol. The first-order valence-corrected chi connectivity index (χ1v) is 7.57. The maximum atomic E-state index is 12.5. The topological polar surface area (TPSA) is 23.6 Å². The van der Waals surface area contributed by atoms with Gasteiger partial charge in [0.15, 0.2) is 0 Å². The second-order valence-corrected chi connectivity index (χ2v) is 6.38. The molecule has 2 heterocycles. The molecule has 0 aromatic carbocycles. The van der Waals surface area contributed by atoms with Gasteiger partial charge in [-0.25, -0.2) is 0 Å². The Kier molecular flexibility index (Phi) is 4.66. The fraction of sp³-hybridized carbons (Fsp3) is 0.933. The Balaban J connectivity index is 1.86. The predicted octanol–water partition coefficient (Wildman–Crippen LogP) is 2.51. The molecule has 0 radical (unpaired) electrons. The highest BCUT2D eigenvalue weighted by atomic mass is 16.2. The first-order chi connectivity index (χ1) is 8.58. The fourth-order valence-electron chi connectivity index (χ4n) is 3.53. The Bertz CT molecular complexity index is 274. The van der Waals surface area contributed by atoms with Gasteiger partial charge in [0.05, 0.1) is 0 Å². The van der Waals surface area contributed by atoms with Gasteiger partial charge in [-0.1, -0.05) is 0 Å². The first kappa shape index (κ1) is 13.9. The van der Waals surface area contributed by atoms with Gasteiger partial charge in [-0.05, 0) is 72.0 Å². The molecule has 3 heteroatoms. The zero-order valence-corrected chi connectivity index (χ0v) is 12.2. The van der Waals surface area contributed by atoms with E-state index in [2.05, 4.69) is 30.7 Å². The number of hydrogen-bond acceptors (Lipinski definition) is 2. The zero-order valence-electron chi connectivity index (χ0n) is 12.2. The molecule has 18 heavy (non-hydrogen) atoms. The highest BCUT2D eigenvalue weighted by Crippen LogP contribution is 2.26. The molecule has 2 atom stereocenters. The molecule has 2 saturated heterocycles. The van der Waals surface area contributed by atoms with Crippen molar-refractivity contribution in [2.75, 3.05) is 20.1 Å². The number of nitrogens with zero attached hydrogens (tertiary/aromatic N) is 2. The molecular formula is C15H28N2O. The Labute approximate surface area is 112 Å². The summed E-state index contributed by atoms with van der Waals surface area (Å²) in [4.78, 5) is 17.0. The normalized spacial score (nSPS) is 31.6. The average molecular weight is 252 g/mol. The molecule has 2 unspecified atom stereocenters. The van der Waals surface area contributed by atoms with E-state index in [1.54, 1.807) is 0 Å². The Morgan fingerprint density at radius 3 is 2.17 bits per heavy atom. The fourth-order valence-corrected chi connectivity index (χ4v) is 3.53. The molecule has 0 aromatic rings. The summed E-state index contributed by atoms with van der Waals surface area (Å²) < 4.78 is 0. The molecule has 2 rings (SSSR count). The van der Waals surface area contributed by atoms with Gasteiger partial charge in [0, 0.05) is 18.5 Å². The van der Waals surface area contributed by atoms with Gasteiger partial charge in [0.2, 0.25) is 5.91 Å². The molecule has 2 aliphatic heterocycles. The van der Waals surface area contributed by atoms with E-state index in [0.717, 1.165) is 19.5 Å². The zero-order chi connectivity index (χ0) is 13.1. The number of carbonyl (C=O) groups excluding carboxylic acids is 1.